The summed E-state index contributed by atoms with van der Waals surface area (Å²) >= 11 is 0. The molecule has 21 heavy (non-hydrogen) atoms. The van der Waals surface area contributed by atoms with Crippen LogP contribution in [0.5, 0.6) is 0 Å². The Hall–Kier alpha value is -2.30. The highest BCUT2D eigenvalue weighted by atomic mass is 16.6. The Morgan fingerprint density at radius 2 is 2.05 bits per heavy atom. The first kappa shape index (κ1) is 15.1. The summed E-state index contributed by atoms with van der Waals surface area (Å²) in [4.78, 5) is 22.8. The van der Waals surface area contributed by atoms with E-state index in [-0.39, 0.29) is 18.5 Å². The van der Waals surface area contributed by atoms with Gasteiger partial charge in [0.25, 0.3) is 0 Å². The number of carbonyl (C=O) groups is 2. The zero-order valence-electron chi connectivity index (χ0n) is 12.3. The number of rotatable bonds is 4. The molecule has 1 heterocycles. The van der Waals surface area contributed by atoms with Gasteiger partial charge in [-0.2, -0.15) is 0 Å². The van der Waals surface area contributed by atoms with Gasteiger partial charge in [-0.25, -0.2) is 9.59 Å². The number of carbonyl (C=O) groups excluding carboxylic acids is 2. The van der Waals surface area contributed by atoms with E-state index < -0.39 is 6.09 Å². The van der Waals surface area contributed by atoms with Crippen LogP contribution < -0.4 is 5.32 Å². The second-order valence-electron chi connectivity index (χ2n) is 5.25. The molecule has 0 bridgehead atoms. The first-order valence-corrected chi connectivity index (χ1v) is 6.83. The molecule has 1 aromatic carbocycles. The molecule has 112 valence electrons. The summed E-state index contributed by atoms with van der Waals surface area (Å²) in [5.41, 5.74) is 3.31. The van der Waals surface area contributed by atoms with Crippen molar-refractivity contribution >= 4 is 17.7 Å². The van der Waals surface area contributed by atoms with Crippen molar-refractivity contribution in [1.29, 1.82) is 0 Å². The summed E-state index contributed by atoms with van der Waals surface area (Å²) < 4.78 is 9.98. The number of benzene rings is 1. The molecule has 0 radical (unpaired) electrons. The Bertz CT molecular complexity index is 559. The second kappa shape index (κ2) is 6.43. The van der Waals surface area contributed by atoms with Crippen LogP contribution in [0.15, 0.2) is 30.4 Å². The van der Waals surface area contributed by atoms with Gasteiger partial charge < -0.3 is 9.47 Å². The molecule has 0 aliphatic carbocycles. The third-order valence-electron chi connectivity index (χ3n) is 3.34. The Morgan fingerprint density at radius 3 is 2.62 bits per heavy atom. The summed E-state index contributed by atoms with van der Waals surface area (Å²) in [5, 5.41) is 2.69. The monoisotopic (exact) mass is 289 g/mol. The molecule has 1 N–H and O–H groups in total. The van der Waals surface area contributed by atoms with Crippen LogP contribution >= 0.6 is 0 Å². The molecule has 0 unspecified atom stereocenters. The number of esters is 1. The predicted molar refractivity (Wildman–Crippen MR) is 79.1 cm³/mol. The van der Waals surface area contributed by atoms with Gasteiger partial charge in [-0.3, -0.25) is 5.32 Å². The molecule has 0 saturated carbocycles. The largest absolute Gasteiger partial charge is 0.462 e. The minimum absolute atomic E-state index is 0.0634. The van der Waals surface area contributed by atoms with E-state index >= 15 is 0 Å². The Balaban J connectivity index is 1.77. The fourth-order valence-electron chi connectivity index (χ4n) is 2.29. The lowest BCUT2D eigenvalue weighted by Crippen LogP contribution is -2.16. The molecule has 0 aromatic heterocycles. The maximum atomic E-state index is 11.7. The number of aryl methyl sites for hydroxylation is 2. The average Bonchev–Trinajstić information content (AvgIpc) is 2.69. The van der Waals surface area contributed by atoms with Crippen LogP contribution in [0.2, 0.25) is 0 Å². The zero-order chi connectivity index (χ0) is 15.4. The topological polar surface area (TPSA) is 64.6 Å². The van der Waals surface area contributed by atoms with Crippen LogP contribution in [0.3, 0.4) is 0 Å². The quantitative estimate of drug-likeness (QED) is 0.683. The molecule has 1 aromatic rings. The van der Waals surface area contributed by atoms with E-state index in [1.54, 1.807) is 0 Å². The van der Waals surface area contributed by atoms with E-state index in [0.29, 0.717) is 24.3 Å². The standard InChI is InChI=1S/C16H19NO4/c1-10-6-11(2)8-14(7-10)17-16(19)20-5-4-13-9-21-15(18)12(13)3/h6-8,13H,3-5,9H2,1-2H3,(H,17,19)/t13-/m1/s1. The summed E-state index contributed by atoms with van der Waals surface area (Å²) in [6.45, 7) is 8.14. The van der Waals surface area contributed by atoms with Crippen molar-refractivity contribution in [2.75, 3.05) is 18.5 Å². The van der Waals surface area contributed by atoms with Gasteiger partial charge in [0, 0.05) is 17.2 Å². The molecular formula is C16H19NO4. The lowest BCUT2D eigenvalue weighted by molar-refractivity contribution is -0.135. The lowest BCUT2D eigenvalue weighted by Gasteiger charge is -2.10. The number of anilines is 1. The second-order valence-corrected chi connectivity index (χ2v) is 5.25. The molecule has 1 saturated heterocycles. The van der Waals surface area contributed by atoms with Crippen LogP contribution in [-0.4, -0.2) is 25.3 Å². The fraction of sp³-hybridized carbons (Fsp3) is 0.375. The average molecular weight is 289 g/mol. The van der Waals surface area contributed by atoms with Gasteiger partial charge in [-0.1, -0.05) is 12.6 Å². The maximum Gasteiger partial charge on any atom is 0.411 e. The first-order valence-electron chi connectivity index (χ1n) is 6.83. The molecule has 5 heteroatoms. The SMILES string of the molecule is C=C1C(=O)OC[C@H]1CCOC(=O)Nc1cc(C)cc(C)c1. The minimum atomic E-state index is -0.504. The number of nitrogens with one attached hydrogen (secondary N) is 1. The maximum absolute atomic E-state index is 11.7. The lowest BCUT2D eigenvalue weighted by atomic mass is 10.0. The number of ether oxygens (including phenoxy) is 2. The Kier molecular flexibility index (Phi) is 4.62. The highest BCUT2D eigenvalue weighted by Crippen LogP contribution is 2.22. The van der Waals surface area contributed by atoms with Gasteiger partial charge >= 0.3 is 12.1 Å². The van der Waals surface area contributed by atoms with E-state index in [4.69, 9.17) is 9.47 Å². The first-order chi connectivity index (χ1) is 9.95. The Morgan fingerprint density at radius 1 is 1.38 bits per heavy atom. The van der Waals surface area contributed by atoms with Gasteiger partial charge in [-0.05, 0) is 43.5 Å². The molecule has 0 spiro atoms. The van der Waals surface area contributed by atoms with Crippen molar-refractivity contribution in [3.8, 4) is 0 Å². The number of amides is 1. The van der Waals surface area contributed by atoms with Crippen LogP contribution in [0.25, 0.3) is 0 Å². The van der Waals surface area contributed by atoms with Gasteiger partial charge in [0.2, 0.25) is 0 Å². The Labute approximate surface area is 123 Å². The van der Waals surface area contributed by atoms with Crippen molar-refractivity contribution in [1.82, 2.24) is 0 Å². The summed E-state index contributed by atoms with van der Waals surface area (Å²) in [6.07, 6.45) is 0.0287. The molecule has 1 amide bonds. The van der Waals surface area contributed by atoms with E-state index in [1.165, 1.54) is 0 Å². The molecular weight excluding hydrogens is 270 g/mol. The number of hydrogen-bond acceptors (Lipinski definition) is 4. The van der Waals surface area contributed by atoms with E-state index in [2.05, 4.69) is 11.9 Å². The zero-order valence-corrected chi connectivity index (χ0v) is 12.3. The summed E-state index contributed by atoms with van der Waals surface area (Å²) in [5.74, 6) is -0.425. The third-order valence-corrected chi connectivity index (χ3v) is 3.34. The van der Waals surface area contributed by atoms with Gasteiger partial charge in [0.1, 0.15) is 0 Å². The van der Waals surface area contributed by atoms with Crippen LogP contribution in [0.1, 0.15) is 17.5 Å². The highest BCUT2D eigenvalue weighted by molar-refractivity contribution is 5.90. The molecule has 2 rings (SSSR count). The molecule has 1 aliphatic heterocycles. The van der Waals surface area contributed by atoms with E-state index in [1.807, 2.05) is 32.0 Å². The summed E-state index contributed by atoms with van der Waals surface area (Å²) in [7, 11) is 0. The fourth-order valence-corrected chi connectivity index (χ4v) is 2.29. The van der Waals surface area contributed by atoms with Crippen molar-refractivity contribution in [2.45, 2.75) is 20.3 Å². The predicted octanol–water partition coefficient (Wildman–Crippen LogP) is 2.97. The third kappa shape index (κ3) is 4.08. The summed E-state index contributed by atoms with van der Waals surface area (Å²) in [6, 6.07) is 5.78. The van der Waals surface area contributed by atoms with Gasteiger partial charge in [-0.15, -0.1) is 0 Å². The minimum Gasteiger partial charge on any atom is -0.462 e. The highest BCUT2D eigenvalue weighted by Gasteiger charge is 2.28. The molecule has 1 atom stereocenters. The molecule has 5 nitrogen and oxygen atoms in total. The van der Waals surface area contributed by atoms with E-state index in [9.17, 15) is 9.59 Å². The number of hydrogen-bond donors (Lipinski definition) is 1. The van der Waals surface area contributed by atoms with Gasteiger partial charge in [0.15, 0.2) is 0 Å². The molecule has 1 aliphatic rings. The van der Waals surface area contributed by atoms with Crippen molar-refractivity contribution < 1.29 is 19.1 Å². The van der Waals surface area contributed by atoms with Crippen LogP contribution in [-0.2, 0) is 14.3 Å². The van der Waals surface area contributed by atoms with Crippen LogP contribution in [0.4, 0.5) is 10.5 Å². The van der Waals surface area contributed by atoms with Crippen molar-refractivity contribution in [2.24, 2.45) is 5.92 Å². The van der Waals surface area contributed by atoms with Crippen LogP contribution in [0, 0.1) is 19.8 Å². The molecule has 1 fully saturated rings. The van der Waals surface area contributed by atoms with Gasteiger partial charge in [0.05, 0.1) is 13.2 Å². The normalized spacial score (nSPS) is 17.5. The van der Waals surface area contributed by atoms with Crippen molar-refractivity contribution in [3.63, 3.8) is 0 Å². The number of cyclic esters (lactones) is 1. The van der Waals surface area contributed by atoms with E-state index in [0.717, 1.165) is 11.1 Å². The van der Waals surface area contributed by atoms with Crippen molar-refractivity contribution in [3.05, 3.63) is 41.5 Å². The smallest absolute Gasteiger partial charge is 0.411 e.